The second-order valence-electron chi connectivity index (χ2n) is 3.02. The highest BCUT2D eigenvalue weighted by molar-refractivity contribution is 6.09. The molecule has 0 amide bonds. The van der Waals surface area contributed by atoms with Crippen LogP contribution in [0, 0.1) is 12.3 Å². The molecule has 0 atom stereocenters. The maximum atomic E-state index is 11.1. The van der Waals surface area contributed by atoms with Crippen LogP contribution in [-0.4, -0.2) is 12.3 Å². The third-order valence-electron chi connectivity index (χ3n) is 2.21. The van der Waals surface area contributed by atoms with Crippen molar-refractivity contribution in [2.24, 2.45) is 0 Å². The van der Waals surface area contributed by atoms with Gasteiger partial charge in [-0.25, -0.2) is 0 Å². The molecule has 0 unspecified atom stereocenters. The maximum Gasteiger partial charge on any atom is 0.235 e. The summed E-state index contributed by atoms with van der Waals surface area (Å²) in [6.07, 6.45) is 6.06. The number of benzene rings is 1. The van der Waals surface area contributed by atoms with Crippen LogP contribution < -0.4 is 5.32 Å². The molecule has 0 saturated carbocycles. The van der Waals surface area contributed by atoms with Crippen LogP contribution in [0.1, 0.15) is 15.9 Å². The number of nitrogens with one attached hydrogen (secondary N) is 1. The van der Waals surface area contributed by atoms with Gasteiger partial charge in [0.2, 0.25) is 5.78 Å². The van der Waals surface area contributed by atoms with E-state index in [0.29, 0.717) is 5.56 Å². The Hall–Kier alpha value is -1.75. The Balaban J connectivity index is 2.43. The molecule has 1 aromatic carbocycles. The number of hydrogen-bond acceptors (Lipinski definition) is 2. The quantitative estimate of drug-likeness (QED) is 0.394. The number of ketones is 1. The van der Waals surface area contributed by atoms with Crippen LogP contribution >= 0.6 is 0 Å². The first kappa shape index (κ1) is 7.88. The molecular formula is C11H9NO. The van der Waals surface area contributed by atoms with Crippen molar-refractivity contribution < 1.29 is 4.79 Å². The van der Waals surface area contributed by atoms with Gasteiger partial charge >= 0.3 is 0 Å². The van der Waals surface area contributed by atoms with Crippen molar-refractivity contribution >= 4 is 11.5 Å². The number of carbonyl (C=O) groups excluding carboxylic acids is 1. The summed E-state index contributed by atoms with van der Waals surface area (Å²) in [6, 6.07) is 5.57. The topological polar surface area (TPSA) is 29.1 Å². The standard InChI is InChI=1S/C11H9NO/c1-2-11(13)9-4-3-8-5-6-12-10(8)7-9/h1,3-4,7,12H,5-6H2. The van der Waals surface area contributed by atoms with Gasteiger partial charge in [0.25, 0.3) is 0 Å². The molecule has 2 heteroatoms. The van der Waals surface area contributed by atoms with Crippen LogP contribution in [0.15, 0.2) is 18.2 Å². The maximum absolute atomic E-state index is 11.1. The molecule has 1 aliphatic rings. The van der Waals surface area contributed by atoms with Gasteiger partial charge in [-0.1, -0.05) is 6.07 Å². The zero-order chi connectivity index (χ0) is 9.26. The molecule has 2 nitrogen and oxygen atoms in total. The summed E-state index contributed by atoms with van der Waals surface area (Å²) in [5.74, 6) is 1.85. The predicted molar refractivity (Wildman–Crippen MR) is 51.8 cm³/mol. The molecule has 1 N–H and O–H groups in total. The SMILES string of the molecule is C#CC(=O)c1ccc2c(c1)NCC2. The first-order valence-electron chi connectivity index (χ1n) is 4.19. The summed E-state index contributed by atoms with van der Waals surface area (Å²) in [5, 5.41) is 3.20. The molecule has 0 radical (unpaired) electrons. The average molecular weight is 171 g/mol. The minimum Gasteiger partial charge on any atom is -0.384 e. The lowest BCUT2D eigenvalue weighted by atomic mass is 10.1. The van der Waals surface area contributed by atoms with E-state index >= 15 is 0 Å². The first-order chi connectivity index (χ1) is 6.31. The fourth-order valence-corrected chi connectivity index (χ4v) is 1.52. The van der Waals surface area contributed by atoms with Gasteiger partial charge in [-0.15, -0.1) is 6.42 Å². The molecule has 2 rings (SSSR count). The third-order valence-corrected chi connectivity index (χ3v) is 2.21. The Morgan fingerprint density at radius 3 is 3.15 bits per heavy atom. The molecule has 0 aliphatic carbocycles. The highest BCUT2D eigenvalue weighted by atomic mass is 16.1. The molecule has 0 bridgehead atoms. The van der Waals surface area contributed by atoms with Gasteiger partial charge < -0.3 is 5.32 Å². The Morgan fingerprint density at radius 2 is 2.38 bits per heavy atom. The number of anilines is 1. The van der Waals surface area contributed by atoms with Gasteiger partial charge in [0, 0.05) is 17.8 Å². The molecular weight excluding hydrogens is 162 g/mol. The van der Waals surface area contributed by atoms with Crippen LogP contribution in [0.4, 0.5) is 5.69 Å². The smallest absolute Gasteiger partial charge is 0.235 e. The van der Waals surface area contributed by atoms with E-state index in [2.05, 4.69) is 11.2 Å². The van der Waals surface area contributed by atoms with E-state index in [1.807, 2.05) is 12.1 Å². The Labute approximate surface area is 77.0 Å². The number of carbonyl (C=O) groups is 1. The lowest BCUT2D eigenvalue weighted by Gasteiger charge is -2.00. The first-order valence-corrected chi connectivity index (χ1v) is 4.19. The molecule has 1 heterocycles. The molecule has 0 spiro atoms. The molecule has 0 fully saturated rings. The van der Waals surface area contributed by atoms with E-state index in [0.717, 1.165) is 18.7 Å². The van der Waals surface area contributed by atoms with Gasteiger partial charge in [-0.2, -0.15) is 0 Å². The Morgan fingerprint density at radius 1 is 1.54 bits per heavy atom. The molecule has 64 valence electrons. The second kappa shape index (κ2) is 2.95. The molecule has 0 aromatic heterocycles. The lowest BCUT2D eigenvalue weighted by Crippen LogP contribution is -1.96. The van der Waals surface area contributed by atoms with Crippen LogP contribution in [0.5, 0.6) is 0 Å². The summed E-state index contributed by atoms with van der Waals surface area (Å²) in [7, 11) is 0. The minimum absolute atomic E-state index is 0.253. The number of Topliss-reactive ketones (excluding diaryl/α,β-unsaturated/α-hetero) is 1. The van der Waals surface area contributed by atoms with Gasteiger partial charge in [0.05, 0.1) is 0 Å². The predicted octanol–water partition coefficient (Wildman–Crippen LogP) is 1.47. The van der Waals surface area contributed by atoms with Crippen molar-refractivity contribution in [3.8, 4) is 12.3 Å². The average Bonchev–Trinajstić information content (AvgIpc) is 2.63. The Kier molecular flexibility index (Phi) is 1.79. The van der Waals surface area contributed by atoms with Crippen LogP contribution in [-0.2, 0) is 6.42 Å². The zero-order valence-corrected chi connectivity index (χ0v) is 7.13. The van der Waals surface area contributed by atoms with Gasteiger partial charge in [-0.3, -0.25) is 4.79 Å². The summed E-state index contributed by atoms with van der Waals surface area (Å²) >= 11 is 0. The van der Waals surface area contributed by atoms with E-state index in [4.69, 9.17) is 6.42 Å². The van der Waals surface area contributed by atoms with Gasteiger partial charge in [0.1, 0.15) is 0 Å². The highest BCUT2D eigenvalue weighted by Gasteiger charge is 2.11. The fraction of sp³-hybridized carbons (Fsp3) is 0.182. The summed E-state index contributed by atoms with van der Waals surface area (Å²) in [5.41, 5.74) is 2.89. The van der Waals surface area contributed by atoms with Crippen molar-refractivity contribution in [2.75, 3.05) is 11.9 Å². The monoisotopic (exact) mass is 171 g/mol. The summed E-state index contributed by atoms with van der Waals surface area (Å²) in [6.45, 7) is 0.947. The summed E-state index contributed by atoms with van der Waals surface area (Å²) < 4.78 is 0. The number of fused-ring (bicyclic) bond motifs is 1. The van der Waals surface area contributed by atoms with Crippen molar-refractivity contribution in [3.05, 3.63) is 29.3 Å². The molecule has 1 aromatic rings. The second-order valence-corrected chi connectivity index (χ2v) is 3.02. The van der Waals surface area contributed by atoms with Crippen LogP contribution in [0.25, 0.3) is 0 Å². The van der Waals surface area contributed by atoms with E-state index < -0.39 is 0 Å². The van der Waals surface area contributed by atoms with Crippen molar-refractivity contribution in [1.29, 1.82) is 0 Å². The molecule has 1 aliphatic heterocycles. The largest absolute Gasteiger partial charge is 0.384 e. The van der Waals surface area contributed by atoms with Gasteiger partial charge in [0.15, 0.2) is 0 Å². The number of hydrogen-bond donors (Lipinski definition) is 1. The van der Waals surface area contributed by atoms with Crippen molar-refractivity contribution in [2.45, 2.75) is 6.42 Å². The zero-order valence-electron chi connectivity index (χ0n) is 7.13. The van der Waals surface area contributed by atoms with E-state index in [-0.39, 0.29) is 5.78 Å². The summed E-state index contributed by atoms with van der Waals surface area (Å²) in [4.78, 5) is 11.1. The lowest BCUT2D eigenvalue weighted by molar-refractivity contribution is 0.105. The van der Waals surface area contributed by atoms with E-state index in [1.54, 1.807) is 6.07 Å². The van der Waals surface area contributed by atoms with Crippen LogP contribution in [0.2, 0.25) is 0 Å². The van der Waals surface area contributed by atoms with Crippen molar-refractivity contribution in [1.82, 2.24) is 0 Å². The van der Waals surface area contributed by atoms with Crippen molar-refractivity contribution in [3.63, 3.8) is 0 Å². The number of terminal acetylenes is 1. The van der Waals surface area contributed by atoms with E-state index in [1.165, 1.54) is 5.56 Å². The fourth-order valence-electron chi connectivity index (χ4n) is 1.52. The van der Waals surface area contributed by atoms with E-state index in [9.17, 15) is 4.79 Å². The minimum atomic E-state index is -0.253. The van der Waals surface area contributed by atoms with Crippen LogP contribution in [0.3, 0.4) is 0 Å². The molecule has 0 saturated heterocycles. The number of rotatable bonds is 1. The Bertz CT molecular complexity index is 401. The molecule has 13 heavy (non-hydrogen) atoms. The van der Waals surface area contributed by atoms with Gasteiger partial charge in [-0.05, 0) is 30.0 Å². The third kappa shape index (κ3) is 1.29. The normalized spacial score (nSPS) is 12.8. The highest BCUT2D eigenvalue weighted by Crippen LogP contribution is 2.23.